The van der Waals surface area contributed by atoms with Gasteiger partial charge in [0.15, 0.2) is 17.0 Å². The number of hydrogen-bond acceptors (Lipinski definition) is 9. The van der Waals surface area contributed by atoms with Gasteiger partial charge in [-0.15, -0.1) is 0 Å². The van der Waals surface area contributed by atoms with Gasteiger partial charge >= 0.3 is 0 Å². The Morgan fingerprint density at radius 1 is 1.24 bits per heavy atom. The van der Waals surface area contributed by atoms with Crippen molar-refractivity contribution in [3.63, 3.8) is 0 Å². The lowest BCUT2D eigenvalue weighted by Crippen LogP contribution is -2.42. The Balaban J connectivity index is 1.72. The molecule has 3 heterocycles. The number of aliphatic hydroxyl groups is 2. The summed E-state index contributed by atoms with van der Waals surface area (Å²) < 4.78 is 1.81. The standard InChI is InChI=1S/C22H36N8O3/c1-4-13(5-2)25-20-17-21(28-22(27-20)29-8-7-12(23)10-29)30(11-24-17)15-9-14(18(32)19(15)33)26-16(31)6-3/h11-15,18-19,32-33H,4-10,23H2,1-3H3,(H,26,31)(H,25,27,28)/t12-,14+,15?,18-,19+/m1/s1. The van der Waals surface area contributed by atoms with Gasteiger partial charge in [-0.05, 0) is 25.7 Å². The minimum atomic E-state index is -1.07. The van der Waals surface area contributed by atoms with E-state index in [1.54, 1.807) is 17.8 Å². The molecular formula is C22H36N8O3. The van der Waals surface area contributed by atoms with Crippen LogP contribution in [0.15, 0.2) is 6.33 Å². The number of aromatic nitrogens is 4. The number of imidazole rings is 1. The molecule has 182 valence electrons. The van der Waals surface area contributed by atoms with Gasteiger partial charge in [0.05, 0.1) is 18.4 Å². The van der Waals surface area contributed by atoms with E-state index in [0.29, 0.717) is 42.3 Å². The summed E-state index contributed by atoms with van der Waals surface area (Å²) in [6.07, 6.45) is 2.98. The van der Waals surface area contributed by atoms with Gasteiger partial charge in [-0.2, -0.15) is 9.97 Å². The molecule has 0 radical (unpaired) electrons. The van der Waals surface area contributed by atoms with Crippen LogP contribution in [0.5, 0.6) is 0 Å². The van der Waals surface area contributed by atoms with Crippen molar-refractivity contribution in [3.05, 3.63) is 6.33 Å². The summed E-state index contributed by atoms with van der Waals surface area (Å²) in [5, 5.41) is 27.7. The first kappa shape index (κ1) is 23.7. The lowest BCUT2D eigenvalue weighted by molar-refractivity contribution is -0.122. The Bertz CT molecular complexity index is 978. The summed E-state index contributed by atoms with van der Waals surface area (Å²) in [7, 11) is 0. The van der Waals surface area contributed by atoms with E-state index in [1.165, 1.54) is 0 Å². The summed E-state index contributed by atoms with van der Waals surface area (Å²) in [6.45, 7) is 7.46. The lowest BCUT2D eigenvalue weighted by Gasteiger charge is -2.21. The first-order chi connectivity index (χ1) is 15.9. The number of carbonyl (C=O) groups is 1. The predicted molar refractivity (Wildman–Crippen MR) is 126 cm³/mol. The summed E-state index contributed by atoms with van der Waals surface area (Å²) in [5.74, 6) is 1.08. The maximum Gasteiger partial charge on any atom is 0.229 e. The number of aliphatic hydroxyl groups excluding tert-OH is 2. The molecule has 0 bridgehead atoms. The number of nitrogens with zero attached hydrogens (tertiary/aromatic N) is 5. The minimum Gasteiger partial charge on any atom is -0.388 e. The van der Waals surface area contributed by atoms with E-state index in [1.807, 2.05) is 0 Å². The zero-order valence-corrected chi connectivity index (χ0v) is 19.6. The first-order valence-corrected chi connectivity index (χ1v) is 12.0. The molecule has 2 aromatic rings. The SMILES string of the molecule is CCC(=O)N[C@H]1CC(n2cnc3c(NC(CC)CC)nc(N4CC[C@@H](N)C4)nc32)[C@H](O)[C@@H]1O. The van der Waals surface area contributed by atoms with Crippen LogP contribution in [-0.4, -0.2) is 79.1 Å². The first-order valence-electron chi connectivity index (χ1n) is 12.0. The fourth-order valence-corrected chi connectivity index (χ4v) is 4.78. The van der Waals surface area contributed by atoms with Gasteiger partial charge in [-0.25, -0.2) is 4.98 Å². The molecule has 1 saturated carbocycles. The number of rotatable bonds is 8. The molecule has 6 N–H and O–H groups in total. The Hall–Kier alpha value is -2.50. The van der Waals surface area contributed by atoms with Crippen molar-refractivity contribution in [1.82, 2.24) is 24.8 Å². The summed E-state index contributed by atoms with van der Waals surface area (Å²) in [5.41, 5.74) is 7.33. The van der Waals surface area contributed by atoms with Gasteiger partial charge in [0.2, 0.25) is 11.9 Å². The van der Waals surface area contributed by atoms with Crippen LogP contribution in [0.4, 0.5) is 11.8 Å². The number of amides is 1. The average molecular weight is 461 g/mol. The number of nitrogens with one attached hydrogen (secondary N) is 2. The molecule has 11 nitrogen and oxygen atoms in total. The van der Waals surface area contributed by atoms with Crippen LogP contribution in [0.25, 0.3) is 11.2 Å². The molecule has 1 unspecified atom stereocenters. The molecule has 2 aromatic heterocycles. The molecule has 5 atom stereocenters. The quantitative estimate of drug-likeness (QED) is 0.379. The normalized spacial score (nSPS) is 27.6. The summed E-state index contributed by atoms with van der Waals surface area (Å²) >= 11 is 0. The molecular weight excluding hydrogens is 424 g/mol. The second-order valence-corrected chi connectivity index (χ2v) is 9.16. The smallest absolute Gasteiger partial charge is 0.229 e. The van der Waals surface area contributed by atoms with Crippen molar-refractivity contribution < 1.29 is 15.0 Å². The fourth-order valence-electron chi connectivity index (χ4n) is 4.78. The van der Waals surface area contributed by atoms with E-state index in [4.69, 9.17) is 15.7 Å². The van der Waals surface area contributed by atoms with Crippen LogP contribution in [0.2, 0.25) is 0 Å². The van der Waals surface area contributed by atoms with E-state index in [2.05, 4.69) is 34.4 Å². The van der Waals surface area contributed by atoms with Crippen LogP contribution in [0.1, 0.15) is 58.9 Å². The van der Waals surface area contributed by atoms with Gasteiger partial charge < -0.3 is 36.0 Å². The van der Waals surface area contributed by atoms with E-state index in [9.17, 15) is 15.0 Å². The largest absolute Gasteiger partial charge is 0.388 e. The van der Waals surface area contributed by atoms with Crippen molar-refractivity contribution in [2.75, 3.05) is 23.3 Å². The molecule has 1 amide bonds. The van der Waals surface area contributed by atoms with Crippen LogP contribution < -0.4 is 21.3 Å². The Morgan fingerprint density at radius 3 is 2.64 bits per heavy atom. The molecule has 1 saturated heterocycles. The Morgan fingerprint density at radius 2 is 2.00 bits per heavy atom. The zero-order chi connectivity index (χ0) is 23.7. The maximum atomic E-state index is 11.9. The lowest BCUT2D eigenvalue weighted by atomic mass is 10.2. The van der Waals surface area contributed by atoms with Crippen molar-refractivity contribution in [3.8, 4) is 0 Å². The maximum absolute atomic E-state index is 11.9. The van der Waals surface area contributed by atoms with E-state index >= 15 is 0 Å². The van der Waals surface area contributed by atoms with E-state index in [0.717, 1.165) is 25.8 Å². The van der Waals surface area contributed by atoms with Crippen LogP contribution in [0.3, 0.4) is 0 Å². The number of nitrogens with two attached hydrogens (primary N) is 1. The monoisotopic (exact) mass is 460 g/mol. The van der Waals surface area contributed by atoms with Gasteiger partial charge in [-0.1, -0.05) is 20.8 Å². The highest BCUT2D eigenvalue weighted by atomic mass is 16.3. The molecule has 2 fully saturated rings. The molecule has 33 heavy (non-hydrogen) atoms. The van der Waals surface area contributed by atoms with Crippen molar-refractivity contribution in [2.24, 2.45) is 5.73 Å². The third-order valence-electron chi connectivity index (χ3n) is 6.92. The second kappa shape index (κ2) is 9.78. The van der Waals surface area contributed by atoms with Crippen LogP contribution in [-0.2, 0) is 4.79 Å². The number of carbonyl (C=O) groups excluding carboxylic acids is 1. The molecule has 11 heteroatoms. The van der Waals surface area contributed by atoms with Crippen molar-refractivity contribution >= 4 is 28.8 Å². The van der Waals surface area contributed by atoms with Crippen LogP contribution in [0, 0.1) is 0 Å². The second-order valence-electron chi connectivity index (χ2n) is 9.16. The summed E-state index contributed by atoms with van der Waals surface area (Å²) in [6, 6.07) is -0.680. The van der Waals surface area contributed by atoms with Gasteiger partial charge in [0.25, 0.3) is 0 Å². The number of fused-ring (bicyclic) bond motifs is 1. The topological polar surface area (TPSA) is 154 Å². The van der Waals surface area contributed by atoms with E-state index < -0.39 is 24.3 Å². The number of anilines is 2. The molecule has 4 rings (SSSR count). The molecule has 0 aromatic carbocycles. The molecule has 0 spiro atoms. The van der Waals surface area contributed by atoms with Crippen molar-refractivity contribution in [1.29, 1.82) is 0 Å². The van der Waals surface area contributed by atoms with Crippen molar-refractivity contribution in [2.45, 2.75) is 89.3 Å². The summed E-state index contributed by atoms with van der Waals surface area (Å²) in [4.78, 5) is 28.1. The zero-order valence-electron chi connectivity index (χ0n) is 19.6. The van der Waals surface area contributed by atoms with Gasteiger partial charge in [0.1, 0.15) is 12.2 Å². The third kappa shape index (κ3) is 4.62. The highest BCUT2D eigenvalue weighted by Crippen LogP contribution is 2.35. The molecule has 2 aliphatic rings. The Labute approximate surface area is 193 Å². The predicted octanol–water partition coefficient (Wildman–Crippen LogP) is 0.526. The third-order valence-corrected chi connectivity index (χ3v) is 6.92. The average Bonchev–Trinajstić information content (AvgIpc) is 3.51. The van der Waals surface area contributed by atoms with Gasteiger partial charge in [-0.3, -0.25) is 4.79 Å². The van der Waals surface area contributed by atoms with Crippen LogP contribution >= 0.6 is 0 Å². The minimum absolute atomic E-state index is 0.0828. The highest BCUT2D eigenvalue weighted by molar-refractivity contribution is 5.84. The molecule has 1 aliphatic carbocycles. The van der Waals surface area contributed by atoms with Gasteiger partial charge in [0, 0.05) is 31.6 Å². The molecule has 1 aliphatic heterocycles. The highest BCUT2D eigenvalue weighted by Gasteiger charge is 2.43. The fraction of sp³-hybridized carbons (Fsp3) is 0.727. The van der Waals surface area contributed by atoms with E-state index in [-0.39, 0.29) is 18.0 Å². The number of hydrogen-bond donors (Lipinski definition) is 5. The Kier molecular flexibility index (Phi) is 7.01.